The Labute approximate surface area is 276 Å². The van der Waals surface area contributed by atoms with Crippen molar-refractivity contribution in [3.63, 3.8) is 0 Å². The normalized spacial score (nSPS) is 12.2. The number of hydrogen-bond acceptors (Lipinski definition) is 0. The SMILES string of the molecule is C.CCc1ccccc1.CCc1ccccc1.CCc1ccccc1.c1ccc2c(c1)CCCC2.c1ccc2c(c1)CCCC2. The van der Waals surface area contributed by atoms with Gasteiger partial charge in [0, 0.05) is 0 Å². The number of hydrogen-bond donors (Lipinski definition) is 0. The van der Waals surface area contributed by atoms with Crippen LogP contribution in [0.2, 0.25) is 0 Å². The highest BCUT2D eigenvalue weighted by atomic mass is 14.1. The van der Waals surface area contributed by atoms with E-state index in [1.807, 2.05) is 18.2 Å². The molecule has 238 valence electrons. The monoisotopic (exact) mass is 598 g/mol. The summed E-state index contributed by atoms with van der Waals surface area (Å²) in [4.78, 5) is 0. The van der Waals surface area contributed by atoms with Gasteiger partial charge in [0.1, 0.15) is 0 Å². The highest BCUT2D eigenvalue weighted by molar-refractivity contribution is 5.29. The highest BCUT2D eigenvalue weighted by Crippen LogP contribution is 2.20. The van der Waals surface area contributed by atoms with Crippen LogP contribution in [0.3, 0.4) is 0 Å². The van der Waals surface area contributed by atoms with E-state index in [0.29, 0.717) is 0 Å². The van der Waals surface area contributed by atoms with Crippen LogP contribution in [-0.4, -0.2) is 0 Å². The first-order valence-electron chi connectivity index (χ1n) is 17.0. The number of rotatable bonds is 3. The molecule has 0 fully saturated rings. The number of benzene rings is 5. The van der Waals surface area contributed by atoms with E-state index in [0.717, 1.165) is 19.3 Å². The van der Waals surface area contributed by atoms with E-state index in [2.05, 4.69) is 142 Å². The Morgan fingerprint density at radius 1 is 0.311 bits per heavy atom. The molecule has 0 atom stereocenters. The van der Waals surface area contributed by atoms with Crippen molar-refractivity contribution >= 4 is 0 Å². The van der Waals surface area contributed by atoms with Gasteiger partial charge in [-0.2, -0.15) is 0 Å². The predicted molar refractivity (Wildman–Crippen MR) is 200 cm³/mol. The van der Waals surface area contributed by atoms with Gasteiger partial charge < -0.3 is 0 Å². The molecule has 0 amide bonds. The molecule has 5 aromatic carbocycles. The highest BCUT2D eigenvalue weighted by Gasteiger charge is 2.06. The summed E-state index contributed by atoms with van der Waals surface area (Å²) in [6.45, 7) is 6.49. The molecule has 0 saturated heterocycles. The van der Waals surface area contributed by atoms with Gasteiger partial charge in [-0.3, -0.25) is 0 Å². The van der Waals surface area contributed by atoms with Gasteiger partial charge in [-0.05, 0) is 110 Å². The van der Waals surface area contributed by atoms with Crippen LogP contribution in [0.5, 0.6) is 0 Å². The van der Waals surface area contributed by atoms with E-state index >= 15 is 0 Å². The van der Waals surface area contributed by atoms with Gasteiger partial charge in [-0.25, -0.2) is 0 Å². The van der Waals surface area contributed by atoms with Crippen LogP contribution in [-0.2, 0) is 44.9 Å². The summed E-state index contributed by atoms with van der Waals surface area (Å²) in [5.41, 5.74) is 10.5. The minimum Gasteiger partial charge on any atom is -0.0776 e. The second kappa shape index (κ2) is 23.5. The molecule has 0 radical (unpaired) electrons. The van der Waals surface area contributed by atoms with Crippen molar-refractivity contribution < 1.29 is 0 Å². The van der Waals surface area contributed by atoms with Gasteiger partial charge in [0.15, 0.2) is 0 Å². The summed E-state index contributed by atoms with van der Waals surface area (Å²) in [7, 11) is 0. The van der Waals surface area contributed by atoms with Gasteiger partial charge in [0.2, 0.25) is 0 Å². The number of aryl methyl sites for hydroxylation is 7. The lowest BCUT2D eigenvalue weighted by molar-refractivity contribution is 0.685. The zero-order valence-electron chi connectivity index (χ0n) is 27.6. The van der Waals surface area contributed by atoms with Crippen molar-refractivity contribution in [2.24, 2.45) is 0 Å². The molecule has 2 aliphatic rings. The van der Waals surface area contributed by atoms with Gasteiger partial charge in [-0.15, -0.1) is 0 Å². The van der Waals surface area contributed by atoms with Crippen molar-refractivity contribution in [2.45, 2.75) is 98.8 Å². The van der Waals surface area contributed by atoms with Crippen molar-refractivity contribution in [1.29, 1.82) is 0 Å². The average Bonchev–Trinajstić information content (AvgIpc) is 3.14. The summed E-state index contributed by atoms with van der Waals surface area (Å²) in [6.07, 6.45) is 14.2. The van der Waals surface area contributed by atoms with Crippen molar-refractivity contribution in [2.75, 3.05) is 0 Å². The maximum atomic E-state index is 2.26. The van der Waals surface area contributed by atoms with Crippen LogP contribution in [0, 0.1) is 0 Å². The first-order chi connectivity index (χ1) is 21.7. The fraction of sp³-hybridized carbons (Fsp3) is 0.333. The predicted octanol–water partition coefficient (Wildman–Crippen LogP) is 12.5. The summed E-state index contributed by atoms with van der Waals surface area (Å²) in [6, 6.07) is 49.0. The van der Waals surface area contributed by atoms with Crippen molar-refractivity contribution in [3.8, 4) is 0 Å². The summed E-state index contributed by atoms with van der Waals surface area (Å²) < 4.78 is 0. The second-order valence-electron chi connectivity index (χ2n) is 11.5. The Kier molecular flexibility index (Phi) is 19.5. The molecule has 0 unspecified atom stereocenters. The molecule has 0 aliphatic heterocycles. The van der Waals surface area contributed by atoms with E-state index in [1.165, 1.54) is 68.1 Å². The first-order valence-corrected chi connectivity index (χ1v) is 17.0. The lowest BCUT2D eigenvalue weighted by atomic mass is 9.92. The molecule has 0 heterocycles. The lowest BCUT2D eigenvalue weighted by Gasteiger charge is -2.13. The van der Waals surface area contributed by atoms with E-state index < -0.39 is 0 Å². The minimum absolute atomic E-state index is 0. The van der Waals surface area contributed by atoms with Crippen LogP contribution in [0.1, 0.15) is 92.8 Å². The summed E-state index contributed by atoms with van der Waals surface area (Å²) >= 11 is 0. The van der Waals surface area contributed by atoms with Gasteiger partial charge >= 0.3 is 0 Å². The zero-order valence-corrected chi connectivity index (χ0v) is 27.6. The maximum Gasteiger partial charge on any atom is -0.0276 e. The van der Waals surface area contributed by atoms with Crippen LogP contribution in [0.15, 0.2) is 140 Å². The molecule has 7 rings (SSSR count). The van der Waals surface area contributed by atoms with Crippen LogP contribution in [0.4, 0.5) is 0 Å². The second-order valence-corrected chi connectivity index (χ2v) is 11.5. The molecule has 0 N–H and O–H groups in total. The van der Waals surface area contributed by atoms with Gasteiger partial charge in [0.05, 0.1) is 0 Å². The Hall–Kier alpha value is -3.90. The van der Waals surface area contributed by atoms with Crippen LogP contribution >= 0.6 is 0 Å². The molecule has 5 aromatic rings. The largest absolute Gasteiger partial charge is 0.0776 e. The molecule has 0 aromatic heterocycles. The first kappa shape index (κ1) is 37.3. The third kappa shape index (κ3) is 15.1. The van der Waals surface area contributed by atoms with Crippen molar-refractivity contribution in [1.82, 2.24) is 0 Å². The van der Waals surface area contributed by atoms with E-state index in [4.69, 9.17) is 0 Å². The molecule has 2 aliphatic carbocycles. The quantitative estimate of drug-likeness (QED) is 0.194. The molecule has 0 saturated carbocycles. The van der Waals surface area contributed by atoms with E-state index in [9.17, 15) is 0 Å². The van der Waals surface area contributed by atoms with E-state index in [-0.39, 0.29) is 7.43 Å². The Bertz CT molecular complexity index is 1190. The fourth-order valence-corrected chi connectivity index (χ4v) is 5.49. The van der Waals surface area contributed by atoms with Crippen LogP contribution in [0.25, 0.3) is 0 Å². The topological polar surface area (TPSA) is 0 Å². The van der Waals surface area contributed by atoms with Gasteiger partial charge in [0.25, 0.3) is 0 Å². The minimum atomic E-state index is 0. The Morgan fingerprint density at radius 3 is 0.689 bits per heavy atom. The van der Waals surface area contributed by atoms with Crippen molar-refractivity contribution in [3.05, 3.63) is 178 Å². The molecule has 0 heteroatoms. The average molecular weight is 599 g/mol. The lowest BCUT2D eigenvalue weighted by Crippen LogP contribution is -2.00. The summed E-state index contributed by atoms with van der Waals surface area (Å²) in [5.74, 6) is 0. The fourth-order valence-electron chi connectivity index (χ4n) is 5.49. The smallest absolute Gasteiger partial charge is 0.0276 e. The third-order valence-corrected chi connectivity index (χ3v) is 8.27. The molecule has 0 bridgehead atoms. The molecule has 0 nitrogen and oxygen atoms in total. The van der Waals surface area contributed by atoms with Gasteiger partial charge in [-0.1, -0.05) is 168 Å². The third-order valence-electron chi connectivity index (χ3n) is 8.27. The summed E-state index contributed by atoms with van der Waals surface area (Å²) in [5, 5.41) is 0. The van der Waals surface area contributed by atoms with Crippen LogP contribution < -0.4 is 0 Å². The zero-order chi connectivity index (χ0) is 31.1. The Balaban J connectivity index is 0.000000196. The standard InChI is InChI=1S/2C10H12.3C8H10.CH4/c2*1-2-6-10-8-4-3-7-9(10)5-1;3*1-2-8-6-4-3-5-7-8;/h2*1-2,5-6H,3-4,7-8H2;3*3-7H,2H2,1H3;1H4. The Morgan fingerprint density at radius 2 is 0.511 bits per heavy atom. The van der Waals surface area contributed by atoms with E-state index in [1.54, 1.807) is 22.3 Å². The molecule has 0 spiro atoms. The molecular formula is C45H58. The molecular weight excluding hydrogens is 540 g/mol. The molecule has 45 heavy (non-hydrogen) atoms. The number of fused-ring (bicyclic) bond motifs is 2. The maximum absolute atomic E-state index is 2.26.